The third-order valence-corrected chi connectivity index (χ3v) is 3.82. The van der Waals surface area contributed by atoms with Gasteiger partial charge < -0.3 is 15.1 Å². The van der Waals surface area contributed by atoms with E-state index in [1.807, 2.05) is 0 Å². The first kappa shape index (κ1) is 15.7. The van der Waals surface area contributed by atoms with Gasteiger partial charge in [0.1, 0.15) is 0 Å². The van der Waals surface area contributed by atoms with Crippen LogP contribution in [0, 0.1) is 0 Å². The molecule has 0 unspecified atom stereocenters. The zero-order valence-corrected chi connectivity index (χ0v) is 11.7. The zero-order chi connectivity index (χ0) is 14.4. The summed E-state index contributed by atoms with van der Waals surface area (Å²) in [6.07, 6.45) is 5.22. The van der Waals surface area contributed by atoms with Crippen molar-refractivity contribution in [3.63, 3.8) is 0 Å². The number of carboxylic acid groups (broad SMARTS) is 1. The number of carbonyl (C=O) groups excluding carboxylic acids is 1. The molecule has 0 atom stereocenters. The number of hydrogen-bond acceptors (Lipinski definition) is 3. The van der Waals surface area contributed by atoms with Crippen LogP contribution in [0.2, 0.25) is 0 Å². The molecule has 1 fully saturated rings. The van der Waals surface area contributed by atoms with Gasteiger partial charge in [0.2, 0.25) is 5.91 Å². The Labute approximate surface area is 113 Å². The van der Waals surface area contributed by atoms with E-state index in [-0.39, 0.29) is 36.2 Å². The normalized spacial score (nSPS) is 17.8. The van der Waals surface area contributed by atoms with Crippen LogP contribution in [0.25, 0.3) is 0 Å². The predicted octanol–water partition coefficient (Wildman–Crippen LogP) is 1.56. The van der Waals surface area contributed by atoms with Crippen LogP contribution < -0.4 is 0 Å². The van der Waals surface area contributed by atoms with Gasteiger partial charge in [-0.2, -0.15) is 0 Å². The number of nitrogens with zero attached hydrogens (tertiary/aromatic N) is 1. The van der Waals surface area contributed by atoms with Gasteiger partial charge >= 0.3 is 5.97 Å². The lowest BCUT2D eigenvalue weighted by molar-refractivity contribution is -0.134. The standard InChI is InChI=1S/C14H23NO4/c1-10(11(2)14(18)19)13(17)15(8-9-16)12-6-4-3-5-7-12/h12,16H,3-9H2,1-2H3,(H,18,19)/b11-10-. The van der Waals surface area contributed by atoms with Gasteiger partial charge in [0.15, 0.2) is 0 Å². The van der Waals surface area contributed by atoms with E-state index in [2.05, 4.69) is 0 Å². The summed E-state index contributed by atoms with van der Waals surface area (Å²) < 4.78 is 0. The summed E-state index contributed by atoms with van der Waals surface area (Å²) in [5, 5.41) is 18.1. The van der Waals surface area contributed by atoms with Crippen molar-refractivity contribution in [2.75, 3.05) is 13.2 Å². The summed E-state index contributed by atoms with van der Waals surface area (Å²) in [5.74, 6) is -1.33. The Kier molecular flexibility index (Phi) is 6.02. The second-order valence-corrected chi connectivity index (χ2v) is 5.07. The average Bonchev–Trinajstić information content (AvgIpc) is 2.43. The highest BCUT2D eigenvalue weighted by Crippen LogP contribution is 2.24. The predicted molar refractivity (Wildman–Crippen MR) is 71.7 cm³/mol. The number of amides is 1. The first-order valence-electron chi connectivity index (χ1n) is 6.81. The zero-order valence-electron chi connectivity index (χ0n) is 11.7. The molecule has 5 nitrogen and oxygen atoms in total. The summed E-state index contributed by atoms with van der Waals surface area (Å²) in [6.45, 7) is 3.15. The summed E-state index contributed by atoms with van der Waals surface area (Å²) >= 11 is 0. The van der Waals surface area contributed by atoms with Crippen LogP contribution in [0.4, 0.5) is 0 Å². The molecule has 108 valence electrons. The number of carbonyl (C=O) groups is 2. The Hall–Kier alpha value is -1.36. The minimum atomic E-state index is -1.07. The molecule has 0 aromatic carbocycles. The molecule has 0 saturated heterocycles. The minimum absolute atomic E-state index is 0.0729. The Balaban J connectivity index is 2.88. The van der Waals surface area contributed by atoms with Gasteiger partial charge in [0.25, 0.3) is 0 Å². The number of hydrogen-bond donors (Lipinski definition) is 2. The van der Waals surface area contributed by atoms with Crippen LogP contribution in [0.1, 0.15) is 46.0 Å². The molecule has 0 aromatic rings. The fourth-order valence-corrected chi connectivity index (χ4v) is 2.49. The lowest BCUT2D eigenvalue weighted by Crippen LogP contribution is -2.43. The van der Waals surface area contributed by atoms with Crippen molar-refractivity contribution < 1.29 is 19.8 Å². The summed E-state index contributed by atoms with van der Waals surface area (Å²) in [4.78, 5) is 24.9. The molecule has 5 heteroatoms. The molecular weight excluding hydrogens is 246 g/mol. The fraction of sp³-hybridized carbons (Fsp3) is 0.714. The van der Waals surface area contributed by atoms with Crippen LogP contribution in [-0.2, 0) is 9.59 Å². The first-order valence-corrected chi connectivity index (χ1v) is 6.81. The van der Waals surface area contributed by atoms with E-state index in [0.717, 1.165) is 25.7 Å². The Morgan fingerprint density at radius 2 is 1.68 bits per heavy atom. The Morgan fingerprint density at radius 3 is 2.16 bits per heavy atom. The van der Waals surface area contributed by atoms with Gasteiger partial charge in [0, 0.05) is 23.7 Å². The number of carboxylic acids is 1. The van der Waals surface area contributed by atoms with Gasteiger partial charge in [-0.25, -0.2) is 4.79 Å². The van der Waals surface area contributed by atoms with E-state index in [9.17, 15) is 9.59 Å². The molecular formula is C14H23NO4. The van der Waals surface area contributed by atoms with E-state index in [0.29, 0.717) is 0 Å². The average molecular weight is 269 g/mol. The number of aliphatic hydroxyl groups is 1. The van der Waals surface area contributed by atoms with Crippen molar-refractivity contribution in [3.8, 4) is 0 Å². The highest BCUT2D eigenvalue weighted by atomic mass is 16.4. The van der Waals surface area contributed by atoms with E-state index >= 15 is 0 Å². The summed E-state index contributed by atoms with van der Waals surface area (Å²) in [5.41, 5.74) is 0.329. The molecule has 0 bridgehead atoms. The fourth-order valence-electron chi connectivity index (χ4n) is 2.49. The maximum Gasteiger partial charge on any atom is 0.331 e. The number of aliphatic hydroxyl groups excluding tert-OH is 1. The molecule has 1 aliphatic rings. The molecule has 0 radical (unpaired) electrons. The van der Waals surface area contributed by atoms with Crippen LogP contribution >= 0.6 is 0 Å². The Bertz CT molecular complexity index is 370. The smallest absolute Gasteiger partial charge is 0.331 e. The quantitative estimate of drug-likeness (QED) is 0.742. The second-order valence-electron chi connectivity index (χ2n) is 5.07. The minimum Gasteiger partial charge on any atom is -0.478 e. The number of aliphatic carboxylic acids is 1. The van der Waals surface area contributed by atoms with Gasteiger partial charge in [-0.1, -0.05) is 19.3 Å². The van der Waals surface area contributed by atoms with Gasteiger partial charge in [0.05, 0.1) is 6.61 Å². The van der Waals surface area contributed by atoms with Crippen LogP contribution in [0.3, 0.4) is 0 Å². The molecule has 1 rings (SSSR count). The molecule has 0 aliphatic heterocycles. The third kappa shape index (κ3) is 4.06. The van der Waals surface area contributed by atoms with Crippen molar-refractivity contribution in [2.45, 2.75) is 52.0 Å². The molecule has 1 aliphatic carbocycles. The van der Waals surface area contributed by atoms with Crippen LogP contribution in [0.5, 0.6) is 0 Å². The van der Waals surface area contributed by atoms with Gasteiger partial charge in [-0.05, 0) is 26.7 Å². The lowest BCUT2D eigenvalue weighted by Gasteiger charge is -2.34. The maximum absolute atomic E-state index is 12.4. The highest BCUT2D eigenvalue weighted by molar-refractivity contribution is 6.01. The van der Waals surface area contributed by atoms with E-state index in [4.69, 9.17) is 10.2 Å². The largest absolute Gasteiger partial charge is 0.478 e. The van der Waals surface area contributed by atoms with Crippen molar-refractivity contribution >= 4 is 11.9 Å². The van der Waals surface area contributed by atoms with E-state index < -0.39 is 5.97 Å². The Morgan fingerprint density at radius 1 is 1.11 bits per heavy atom. The van der Waals surface area contributed by atoms with Gasteiger partial charge in [-0.15, -0.1) is 0 Å². The van der Waals surface area contributed by atoms with Crippen molar-refractivity contribution in [1.29, 1.82) is 0 Å². The second kappa shape index (κ2) is 7.28. The van der Waals surface area contributed by atoms with Crippen molar-refractivity contribution in [2.24, 2.45) is 0 Å². The number of rotatable bonds is 5. The highest BCUT2D eigenvalue weighted by Gasteiger charge is 2.27. The molecule has 0 aromatic heterocycles. The monoisotopic (exact) mass is 269 g/mol. The first-order chi connectivity index (χ1) is 8.99. The van der Waals surface area contributed by atoms with Crippen molar-refractivity contribution in [1.82, 2.24) is 4.90 Å². The van der Waals surface area contributed by atoms with E-state index in [1.165, 1.54) is 13.3 Å². The lowest BCUT2D eigenvalue weighted by atomic mass is 9.93. The molecule has 1 saturated carbocycles. The van der Waals surface area contributed by atoms with Crippen molar-refractivity contribution in [3.05, 3.63) is 11.1 Å². The summed E-state index contributed by atoms with van der Waals surface area (Å²) in [6, 6.07) is 0.130. The SMILES string of the molecule is C/C(C(=O)O)=C(\C)C(=O)N(CCO)C1CCCCC1. The molecule has 19 heavy (non-hydrogen) atoms. The third-order valence-electron chi connectivity index (χ3n) is 3.82. The maximum atomic E-state index is 12.4. The van der Waals surface area contributed by atoms with Crippen LogP contribution in [0.15, 0.2) is 11.1 Å². The van der Waals surface area contributed by atoms with Crippen LogP contribution in [-0.4, -0.2) is 46.2 Å². The molecule has 0 heterocycles. The summed E-state index contributed by atoms with van der Waals surface area (Å²) in [7, 11) is 0. The van der Waals surface area contributed by atoms with E-state index in [1.54, 1.807) is 11.8 Å². The topological polar surface area (TPSA) is 77.8 Å². The molecule has 1 amide bonds. The molecule has 2 N–H and O–H groups in total. The molecule has 0 spiro atoms. The van der Waals surface area contributed by atoms with Gasteiger partial charge in [-0.3, -0.25) is 4.79 Å².